The van der Waals surface area contributed by atoms with Crippen LogP contribution in [-0.2, 0) is 0 Å². The molecule has 0 radical (unpaired) electrons. The quantitative estimate of drug-likeness (QED) is 0.728. The van der Waals surface area contributed by atoms with Crippen molar-refractivity contribution >= 4 is 0 Å². The first kappa shape index (κ1) is 11.2. The third kappa shape index (κ3) is 2.11. The number of phenolic OH excluding ortho intramolecular Hbond substituents is 1. The van der Waals surface area contributed by atoms with Crippen LogP contribution < -0.4 is 5.43 Å². The molecule has 0 aliphatic heterocycles. The molecular weight excluding hydrogens is 246 g/mol. The maximum absolute atomic E-state index is 11.6. The lowest BCUT2D eigenvalue weighted by Crippen LogP contribution is -2.02. The van der Waals surface area contributed by atoms with Gasteiger partial charge in [-0.2, -0.15) is 4.98 Å². The summed E-state index contributed by atoms with van der Waals surface area (Å²) in [5, 5.41) is 13.0. The molecule has 0 spiro atoms. The van der Waals surface area contributed by atoms with Crippen LogP contribution in [0.15, 0.2) is 52.0 Å². The number of benzene rings is 1. The molecule has 19 heavy (non-hydrogen) atoms. The predicted molar refractivity (Wildman–Crippen MR) is 67.5 cm³/mol. The van der Waals surface area contributed by atoms with Gasteiger partial charge in [-0.3, -0.25) is 4.79 Å². The Balaban J connectivity index is 2.02. The minimum Gasteiger partial charge on any atom is -0.508 e. The van der Waals surface area contributed by atoms with Crippen molar-refractivity contribution in [2.45, 2.75) is 0 Å². The highest BCUT2D eigenvalue weighted by molar-refractivity contribution is 5.59. The smallest absolute Gasteiger partial charge is 0.263 e. The highest BCUT2D eigenvalue weighted by Crippen LogP contribution is 2.21. The molecule has 0 bridgehead atoms. The predicted octanol–water partition coefficient (Wildman–Crippen LogP) is 1.80. The summed E-state index contributed by atoms with van der Waals surface area (Å²) in [5.41, 5.74) is 0.819. The molecule has 6 nitrogen and oxygen atoms in total. The number of pyridine rings is 1. The van der Waals surface area contributed by atoms with Gasteiger partial charge in [-0.25, -0.2) is 0 Å². The van der Waals surface area contributed by atoms with Gasteiger partial charge in [0.2, 0.25) is 5.82 Å². The van der Waals surface area contributed by atoms with Crippen molar-refractivity contribution in [1.29, 1.82) is 0 Å². The number of aromatic nitrogens is 3. The van der Waals surface area contributed by atoms with Gasteiger partial charge in [0.05, 0.1) is 0 Å². The maximum atomic E-state index is 11.6. The summed E-state index contributed by atoms with van der Waals surface area (Å²) in [6.07, 6.45) is 3.04. The van der Waals surface area contributed by atoms with E-state index in [4.69, 9.17) is 4.52 Å². The SMILES string of the molecule is O=c1cc[nH]cc1-c1nc(-c2ccc(O)cc2)no1. The van der Waals surface area contributed by atoms with Gasteiger partial charge in [-0.15, -0.1) is 0 Å². The summed E-state index contributed by atoms with van der Waals surface area (Å²) in [6, 6.07) is 7.78. The fourth-order valence-electron chi connectivity index (χ4n) is 1.64. The van der Waals surface area contributed by atoms with Crippen molar-refractivity contribution in [3.63, 3.8) is 0 Å². The fraction of sp³-hybridized carbons (Fsp3) is 0. The van der Waals surface area contributed by atoms with E-state index in [-0.39, 0.29) is 17.1 Å². The normalized spacial score (nSPS) is 10.5. The van der Waals surface area contributed by atoms with Crippen LogP contribution in [0, 0.1) is 0 Å². The maximum Gasteiger partial charge on any atom is 0.263 e. The van der Waals surface area contributed by atoms with Gasteiger partial charge in [0.1, 0.15) is 11.3 Å². The van der Waals surface area contributed by atoms with Gasteiger partial charge < -0.3 is 14.6 Å². The zero-order valence-electron chi connectivity index (χ0n) is 9.70. The molecule has 3 aromatic rings. The number of phenols is 1. The molecule has 2 heterocycles. The lowest BCUT2D eigenvalue weighted by Gasteiger charge is -1.94. The van der Waals surface area contributed by atoms with Crippen LogP contribution in [0.1, 0.15) is 0 Å². The molecule has 2 N–H and O–H groups in total. The Labute approximate surface area is 107 Å². The van der Waals surface area contributed by atoms with Gasteiger partial charge in [-0.05, 0) is 24.3 Å². The van der Waals surface area contributed by atoms with Crippen molar-refractivity contribution in [2.24, 2.45) is 0 Å². The van der Waals surface area contributed by atoms with Crippen molar-refractivity contribution in [3.8, 4) is 28.6 Å². The molecular formula is C13H9N3O3. The number of rotatable bonds is 2. The monoisotopic (exact) mass is 255 g/mol. The molecule has 0 amide bonds. The number of aromatic amines is 1. The lowest BCUT2D eigenvalue weighted by molar-refractivity contribution is 0.432. The van der Waals surface area contributed by atoms with Crippen LogP contribution in [0.2, 0.25) is 0 Å². The number of nitrogens with zero attached hydrogens (tertiary/aromatic N) is 2. The first-order valence-electron chi connectivity index (χ1n) is 5.54. The number of hydrogen-bond donors (Lipinski definition) is 2. The van der Waals surface area contributed by atoms with Crippen molar-refractivity contribution in [2.75, 3.05) is 0 Å². The molecule has 0 saturated heterocycles. The molecule has 6 heteroatoms. The van der Waals surface area contributed by atoms with E-state index in [0.717, 1.165) is 0 Å². The van der Waals surface area contributed by atoms with E-state index in [0.29, 0.717) is 17.0 Å². The highest BCUT2D eigenvalue weighted by atomic mass is 16.5. The molecule has 0 saturated carbocycles. The second kappa shape index (κ2) is 4.41. The second-order valence-electron chi connectivity index (χ2n) is 3.89. The van der Waals surface area contributed by atoms with E-state index in [1.54, 1.807) is 12.1 Å². The second-order valence-corrected chi connectivity index (χ2v) is 3.89. The lowest BCUT2D eigenvalue weighted by atomic mass is 10.2. The topological polar surface area (TPSA) is 92.0 Å². The summed E-state index contributed by atoms with van der Waals surface area (Å²) < 4.78 is 5.07. The molecule has 3 rings (SSSR count). The van der Waals surface area contributed by atoms with Gasteiger partial charge in [0, 0.05) is 24.0 Å². The summed E-state index contributed by atoms with van der Waals surface area (Å²) in [7, 11) is 0. The number of nitrogens with one attached hydrogen (secondary N) is 1. The Morgan fingerprint density at radius 3 is 2.68 bits per heavy atom. The molecule has 0 fully saturated rings. The Hall–Kier alpha value is -2.89. The molecule has 0 atom stereocenters. The Kier molecular flexibility index (Phi) is 2.60. The average Bonchev–Trinajstić information content (AvgIpc) is 2.89. The van der Waals surface area contributed by atoms with E-state index in [1.165, 1.54) is 30.6 Å². The van der Waals surface area contributed by atoms with Crippen LogP contribution in [-0.4, -0.2) is 20.2 Å². The third-order valence-electron chi connectivity index (χ3n) is 2.61. The molecule has 0 aliphatic rings. The van der Waals surface area contributed by atoms with E-state index >= 15 is 0 Å². The largest absolute Gasteiger partial charge is 0.508 e. The Morgan fingerprint density at radius 1 is 1.16 bits per heavy atom. The first-order valence-corrected chi connectivity index (χ1v) is 5.54. The molecule has 0 aliphatic carbocycles. The summed E-state index contributed by atoms with van der Waals surface area (Å²) in [5.74, 6) is 0.676. The van der Waals surface area contributed by atoms with Crippen LogP contribution in [0.25, 0.3) is 22.8 Å². The molecule has 1 aromatic carbocycles. The zero-order valence-corrected chi connectivity index (χ0v) is 9.70. The van der Waals surface area contributed by atoms with Crippen molar-refractivity contribution < 1.29 is 9.63 Å². The third-order valence-corrected chi connectivity index (χ3v) is 2.61. The standard InChI is InChI=1S/C13H9N3O3/c17-9-3-1-8(2-4-9)12-15-13(19-16-12)10-7-14-6-5-11(10)18/h1-7,17H,(H,14,18). The minimum absolute atomic E-state index is 0.157. The fourth-order valence-corrected chi connectivity index (χ4v) is 1.64. The van der Waals surface area contributed by atoms with E-state index in [9.17, 15) is 9.90 Å². The molecule has 94 valence electrons. The van der Waals surface area contributed by atoms with Gasteiger partial charge in [0.25, 0.3) is 5.89 Å². The van der Waals surface area contributed by atoms with E-state index < -0.39 is 0 Å². The average molecular weight is 255 g/mol. The van der Waals surface area contributed by atoms with Gasteiger partial charge in [-0.1, -0.05) is 5.16 Å². The molecule has 2 aromatic heterocycles. The number of H-pyrrole nitrogens is 1. The first-order chi connectivity index (χ1) is 9.24. The van der Waals surface area contributed by atoms with Gasteiger partial charge in [0.15, 0.2) is 5.43 Å². The Morgan fingerprint density at radius 2 is 1.95 bits per heavy atom. The highest BCUT2D eigenvalue weighted by Gasteiger charge is 2.12. The van der Waals surface area contributed by atoms with Crippen molar-refractivity contribution in [1.82, 2.24) is 15.1 Å². The summed E-state index contributed by atoms with van der Waals surface area (Å²) in [6.45, 7) is 0. The Bertz CT molecular complexity index is 759. The van der Waals surface area contributed by atoms with Crippen LogP contribution in [0.5, 0.6) is 5.75 Å². The van der Waals surface area contributed by atoms with Crippen LogP contribution in [0.3, 0.4) is 0 Å². The summed E-state index contributed by atoms with van der Waals surface area (Å²) in [4.78, 5) is 18.6. The van der Waals surface area contributed by atoms with E-state index in [1.807, 2.05) is 0 Å². The number of aromatic hydroxyl groups is 1. The minimum atomic E-state index is -0.195. The number of hydrogen-bond acceptors (Lipinski definition) is 5. The van der Waals surface area contributed by atoms with Crippen molar-refractivity contribution in [3.05, 3.63) is 52.9 Å². The van der Waals surface area contributed by atoms with E-state index in [2.05, 4.69) is 15.1 Å². The molecule has 0 unspecified atom stereocenters. The summed E-state index contributed by atoms with van der Waals surface area (Å²) >= 11 is 0. The van der Waals surface area contributed by atoms with Gasteiger partial charge >= 0.3 is 0 Å². The van der Waals surface area contributed by atoms with Crippen LogP contribution >= 0.6 is 0 Å². The van der Waals surface area contributed by atoms with Crippen LogP contribution in [0.4, 0.5) is 0 Å². The zero-order chi connectivity index (χ0) is 13.2.